The molecule has 0 N–H and O–H groups in total. The predicted octanol–water partition coefficient (Wildman–Crippen LogP) is 0.577. The van der Waals surface area contributed by atoms with E-state index in [0.29, 0.717) is 0 Å². The second kappa shape index (κ2) is 83.9. The Kier molecular flexibility index (Phi) is 75.5. The molecule has 0 aliphatic rings. The van der Waals surface area contributed by atoms with Crippen LogP contribution in [0.25, 0.3) is 0 Å². The van der Waals surface area contributed by atoms with Crippen molar-refractivity contribution in [1.29, 1.82) is 0 Å². The minimum absolute atomic E-state index is 0.361. The highest BCUT2D eigenvalue weighted by atomic mass is 17.3. The van der Waals surface area contributed by atoms with Crippen LogP contribution in [-0.4, -0.2) is 310 Å². The maximum atomic E-state index is 11.5. The molecule has 0 heterocycles. The Morgan fingerprint density at radius 3 is 0.197 bits per heavy atom. The molecule has 0 saturated heterocycles. The van der Waals surface area contributed by atoms with Gasteiger partial charge in [-0.1, -0.05) is 0 Å². The first-order chi connectivity index (χ1) is 59.3. The predicted molar refractivity (Wildman–Crippen MR) is 304 cm³/mol. The van der Waals surface area contributed by atoms with E-state index < -0.39 is 283 Å². The highest BCUT2D eigenvalue weighted by Crippen LogP contribution is 2.03. The lowest BCUT2D eigenvalue weighted by Gasteiger charge is -2.09. The molecule has 0 saturated carbocycles. The fourth-order valence-corrected chi connectivity index (χ4v) is 3.81. The van der Waals surface area contributed by atoms with E-state index in [4.69, 9.17) is 0 Å². The third-order valence-electron chi connectivity index (χ3n) is 8.05. The number of hydrogen-bond donors (Lipinski definition) is 0. The van der Waals surface area contributed by atoms with Crippen LogP contribution in [-0.2, 0) is 288 Å². The average molecular weight is 1830 g/mol. The van der Waals surface area contributed by atoms with Crippen LogP contribution in [0.2, 0.25) is 0 Å². The van der Waals surface area contributed by atoms with Gasteiger partial charge in [0.15, 0.2) is 13.6 Å². The van der Waals surface area contributed by atoms with Gasteiger partial charge >= 0.3 is 92.3 Å². The summed E-state index contributed by atoms with van der Waals surface area (Å²) in [7, 11) is 2.53. The summed E-state index contributed by atoms with van der Waals surface area (Å²) in [5.41, 5.74) is 0. The Balaban J connectivity index is 3.53. The second-order valence-corrected chi connectivity index (χ2v) is 15.5. The zero-order chi connectivity index (χ0) is 89.3. The average Bonchev–Trinajstić information content (AvgIpc) is 1.03. The summed E-state index contributed by atoms with van der Waals surface area (Å²) in [4.78, 5) is 292. The van der Waals surface area contributed by atoms with Crippen molar-refractivity contribution in [1.82, 2.24) is 0 Å². The van der Waals surface area contributed by atoms with Crippen LogP contribution >= 0.6 is 0 Å². The van der Waals surface area contributed by atoms with Crippen LogP contribution in [0.4, 0.5) is 71.9 Å². The van der Waals surface area contributed by atoms with Gasteiger partial charge in [-0.25, -0.2) is 71.9 Å². The van der Waals surface area contributed by atoms with Crippen molar-refractivity contribution in [3.63, 3.8) is 0 Å². The van der Waals surface area contributed by atoms with Crippen LogP contribution in [0.15, 0.2) is 0 Å². The molecule has 0 bridgehead atoms. The third kappa shape index (κ3) is 82.9. The molecule has 0 spiro atoms. The molecular formula is C47H66O75. The highest BCUT2D eigenvalue weighted by Gasteiger charge is 2.17. The van der Waals surface area contributed by atoms with E-state index in [-0.39, 0.29) is 13.6 Å². The van der Waals surface area contributed by atoms with Crippen molar-refractivity contribution in [3.05, 3.63) is 0 Å². The van der Waals surface area contributed by atoms with Crippen LogP contribution in [0, 0.1) is 0 Å². The Labute approximate surface area is 670 Å². The first-order valence-corrected chi connectivity index (χ1v) is 29.7. The minimum atomic E-state index is -1.42. The summed E-state index contributed by atoms with van der Waals surface area (Å²) in [6, 6.07) is 0. The molecule has 0 aromatic carbocycles. The van der Waals surface area contributed by atoms with Gasteiger partial charge < -0.3 is 152 Å². The molecule has 75 heteroatoms. The normalized spacial score (nSPS) is 10.4. The molecule has 0 aliphatic heterocycles. The quantitative estimate of drug-likeness (QED) is 0.0201. The van der Waals surface area contributed by atoms with E-state index in [9.17, 15) is 71.9 Å². The van der Waals surface area contributed by atoms with Gasteiger partial charge in [0.2, 0.25) is 190 Å². The van der Waals surface area contributed by atoms with Gasteiger partial charge in [0, 0.05) is 14.2 Å². The highest BCUT2D eigenvalue weighted by molar-refractivity contribution is 5.63. The van der Waals surface area contributed by atoms with Crippen molar-refractivity contribution in [2.24, 2.45) is 0 Å². The topological polar surface area (TPSA) is 810 Å². The molecule has 0 aliphatic carbocycles. The van der Waals surface area contributed by atoms with Crippen molar-refractivity contribution in [2.45, 2.75) is 0 Å². The first-order valence-electron chi connectivity index (χ1n) is 29.7. The van der Waals surface area contributed by atoms with Crippen molar-refractivity contribution in [2.75, 3.05) is 218 Å². The molecular weight excluding hydrogens is 1760 g/mol. The fourth-order valence-electron chi connectivity index (χ4n) is 3.81. The van der Waals surface area contributed by atoms with Gasteiger partial charge in [-0.05, 0) is 0 Å². The SMILES string of the molecule is COCOC(=O)OCOOCOC(=O)OCOOCOC(=O)OCOOCOC(=O)OCOOCOC(=O)OCOOCOC(=O)OCOOCOC(=O)OCOOCOC(=O)OCOOCOC(=O)OCOOCOC(=O)OCOOCOC(=O)OCOOCOC(=O)OCOOCOC(=O)OCOOCOC(=O)OCOOCOC(=O)OCOC. The van der Waals surface area contributed by atoms with Gasteiger partial charge in [-0.15, -0.1) is 0 Å². The summed E-state index contributed by atoms with van der Waals surface area (Å²) >= 11 is 0. The maximum Gasteiger partial charge on any atom is 0.512 e. The molecule has 75 nitrogen and oxygen atoms in total. The molecule has 0 unspecified atom stereocenters. The van der Waals surface area contributed by atoms with E-state index in [1.165, 1.54) is 14.2 Å². The lowest BCUT2D eigenvalue weighted by molar-refractivity contribution is -0.375. The molecule has 704 valence electrons. The number of ether oxygens (including phenoxy) is 32. The Morgan fingerprint density at radius 2 is 0.148 bits per heavy atom. The monoisotopic (exact) mass is 1830 g/mol. The molecule has 0 aromatic heterocycles. The lowest BCUT2D eigenvalue weighted by Crippen LogP contribution is -2.17. The number of carbonyl (C=O) groups excluding carboxylic acids is 15. The number of methoxy groups -OCH3 is 2. The largest absolute Gasteiger partial charge is 0.512 e. The van der Waals surface area contributed by atoms with Crippen LogP contribution in [0.1, 0.15) is 0 Å². The molecule has 0 fully saturated rings. The summed E-state index contributed by atoms with van der Waals surface area (Å²) < 4.78 is 140. The molecule has 0 radical (unpaired) electrons. The van der Waals surface area contributed by atoms with Crippen molar-refractivity contribution >= 4 is 92.3 Å². The molecule has 122 heavy (non-hydrogen) atoms. The molecule has 0 aromatic rings. The standard InChI is InChI=1S/C47H66O75/c1-63-3-65-33(48)67-5-95-97-7-69-35(50)71-9-99-101-11-73-37(52)75-13-103-105-15-77-39(54)79-17-107-109-19-81-41(56)83-21-111-113-23-85-43(58)87-25-115-117-27-89-45(60)91-29-119-121-31-93-47(62)94-32-122-120-30-92-46(61)90-28-118-116-26-88-44(59)86-24-114-112-22-84-42(57)82-20-110-108-18-80-40(55)78-16-106-104-14-76-38(53)74-12-102-100-10-72-36(51)70-8-98-96-6-68-34(49)66-4-64-2/h3-32H2,1-2H3. The third-order valence-corrected chi connectivity index (χ3v) is 8.05. The van der Waals surface area contributed by atoms with Crippen LogP contribution in [0.5, 0.6) is 0 Å². The van der Waals surface area contributed by atoms with E-state index in [2.05, 4.69) is 288 Å². The van der Waals surface area contributed by atoms with E-state index >= 15 is 0 Å². The Bertz CT molecular complexity index is 2530. The summed E-state index contributed by atoms with van der Waals surface area (Å²) in [5.74, 6) is 0. The summed E-state index contributed by atoms with van der Waals surface area (Å²) in [6.07, 6.45) is -20.4. The van der Waals surface area contributed by atoms with Gasteiger partial charge in [-0.2, -0.15) is 137 Å². The van der Waals surface area contributed by atoms with Gasteiger partial charge in [0.25, 0.3) is 0 Å². The van der Waals surface area contributed by atoms with E-state index in [1.807, 2.05) is 0 Å². The summed E-state index contributed by atoms with van der Waals surface area (Å²) in [6.45, 7) is -25.6. The maximum absolute atomic E-state index is 11.5. The smallest absolute Gasteiger partial charge is 0.407 e. The molecule has 0 amide bonds. The van der Waals surface area contributed by atoms with E-state index in [0.717, 1.165) is 0 Å². The van der Waals surface area contributed by atoms with E-state index in [1.54, 1.807) is 0 Å². The Hall–Kier alpha value is -12.1. The van der Waals surface area contributed by atoms with Gasteiger partial charge in [0.1, 0.15) is 0 Å². The first kappa shape index (κ1) is 110. The van der Waals surface area contributed by atoms with Gasteiger partial charge in [-0.3, -0.25) is 0 Å². The second-order valence-electron chi connectivity index (χ2n) is 15.5. The van der Waals surface area contributed by atoms with Crippen LogP contribution in [0.3, 0.4) is 0 Å². The number of rotatable bonds is 74. The molecule has 0 rings (SSSR count). The fraction of sp³-hybridized carbons (Fsp3) is 0.681. The van der Waals surface area contributed by atoms with Crippen LogP contribution < -0.4 is 0 Å². The lowest BCUT2D eigenvalue weighted by atomic mass is 11.2. The zero-order valence-electron chi connectivity index (χ0n) is 61.3. The number of carbonyl (C=O) groups is 15. The molecule has 0 atom stereocenters. The zero-order valence-corrected chi connectivity index (χ0v) is 61.3. The van der Waals surface area contributed by atoms with Gasteiger partial charge in [0.05, 0.1) is 0 Å². The van der Waals surface area contributed by atoms with Crippen molar-refractivity contribution in [3.8, 4) is 0 Å². The number of hydrogen-bond acceptors (Lipinski definition) is 75. The Morgan fingerprint density at radius 1 is 0.0984 bits per heavy atom. The van der Waals surface area contributed by atoms with Crippen molar-refractivity contribution < 1.29 is 360 Å². The minimum Gasteiger partial charge on any atom is -0.407 e. The summed E-state index contributed by atoms with van der Waals surface area (Å²) in [5, 5.41) is 0.